The number of rotatable bonds is 12. The van der Waals surface area contributed by atoms with Crippen LogP contribution >= 0.6 is 19.4 Å². The number of anilines is 1. The van der Waals surface area contributed by atoms with Crippen LogP contribution in [0.2, 0.25) is 5.02 Å². The van der Waals surface area contributed by atoms with Crippen LogP contribution in [0.4, 0.5) is 15.0 Å². The summed E-state index contributed by atoms with van der Waals surface area (Å²) in [5, 5.41) is 4.29. The molecule has 0 aliphatic heterocycles. The molecule has 0 unspecified atom stereocenters. The molecule has 3 rings (SSSR count). The zero-order valence-corrected chi connectivity index (χ0v) is 22.2. The molecule has 0 spiro atoms. The minimum absolute atomic E-state index is 0.0162. The second kappa shape index (κ2) is 13.6. The highest BCUT2D eigenvalue weighted by atomic mass is 35.5. The second-order valence-corrected chi connectivity index (χ2v) is 10.1. The van der Waals surface area contributed by atoms with Crippen LogP contribution in [0, 0.1) is 5.82 Å². The van der Waals surface area contributed by atoms with Gasteiger partial charge in [0.25, 0.3) is 0 Å². The number of carbonyl (C=O) groups is 2. The van der Waals surface area contributed by atoms with Gasteiger partial charge in [-0.1, -0.05) is 48.0 Å². The number of carbonyl (C=O) groups excluding carboxylic acids is 2. The van der Waals surface area contributed by atoms with Gasteiger partial charge in [-0.25, -0.2) is 18.7 Å². The molecule has 0 fully saturated rings. The Morgan fingerprint density at radius 1 is 1.18 bits per heavy atom. The number of benzene rings is 2. The topological polar surface area (TPSA) is 138 Å². The van der Waals surface area contributed by atoms with Crippen molar-refractivity contribution in [2.75, 3.05) is 25.6 Å². The molecule has 0 aliphatic rings. The quantitative estimate of drug-likeness (QED) is 0.207. The van der Waals surface area contributed by atoms with E-state index in [1.807, 2.05) is 24.3 Å². The van der Waals surface area contributed by atoms with Crippen LogP contribution in [0.5, 0.6) is 0 Å². The molecule has 3 N–H and O–H groups in total. The number of ether oxygens (including phenoxy) is 1. The Morgan fingerprint density at radius 3 is 2.66 bits per heavy atom. The zero-order chi connectivity index (χ0) is 27.7. The first kappa shape index (κ1) is 29.5. The number of amides is 2. The summed E-state index contributed by atoms with van der Waals surface area (Å²) in [6, 6.07) is 12.9. The molecule has 0 saturated heterocycles. The molecule has 204 valence electrons. The lowest BCUT2D eigenvalue weighted by atomic mass is 10.1. The number of likely N-dealkylation sites (N-methyl/N-ethyl adjacent to an activating group) is 1. The summed E-state index contributed by atoms with van der Waals surface area (Å²) >= 11 is 5.98. The molecule has 1 heterocycles. The molecular weight excluding hydrogens is 540 g/mol. The lowest BCUT2D eigenvalue weighted by Crippen LogP contribution is -2.41. The van der Waals surface area contributed by atoms with Gasteiger partial charge in [0.2, 0.25) is 5.91 Å². The van der Waals surface area contributed by atoms with Crippen molar-refractivity contribution in [2.24, 2.45) is 0 Å². The molecular formula is C25H28ClFN3O7P. The van der Waals surface area contributed by atoms with Crippen LogP contribution in [-0.2, 0) is 25.0 Å². The Kier molecular flexibility index (Phi) is 10.6. The van der Waals surface area contributed by atoms with E-state index in [-0.39, 0.29) is 55.6 Å². The molecule has 3 aromatic rings. The van der Waals surface area contributed by atoms with Gasteiger partial charge in [0.15, 0.2) is 0 Å². The van der Waals surface area contributed by atoms with E-state index >= 15 is 0 Å². The lowest BCUT2D eigenvalue weighted by molar-refractivity contribution is -0.133. The number of nitrogens with one attached hydrogen (secondary N) is 1. The van der Waals surface area contributed by atoms with Crippen molar-refractivity contribution in [3.8, 4) is 0 Å². The van der Waals surface area contributed by atoms with Crippen LogP contribution in [-0.4, -0.2) is 58.0 Å². The summed E-state index contributed by atoms with van der Waals surface area (Å²) in [4.78, 5) is 48.6. The van der Waals surface area contributed by atoms with Gasteiger partial charge >= 0.3 is 13.9 Å². The third kappa shape index (κ3) is 9.04. The van der Waals surface area contributed by atoms with Crippen molar-refractivity contribution in [2.45, 2.75) is 31.7 Å². The fourth-order valence-corrected chi connectivity index (χ4v) is 4.31. The highest BCUT2D eigenvalue weighted by Gasteiger charge is 2.23. The SMILES string of the molecule is CN(C(=O)CCc1cccc(F)c1Cl)[C@@H](CCCOP(=O)(O)O)COC(=O)Nc1cc2ccccc2cn1. The molecule has 0 saturated carbocycles. The second-order valence-electron chi connectivity index (χ2n) is 8.48. The first-order valence-electron chi connectivity index (χ1n) is 11.7. The van der Waals surface area contributed by atoms with Crippen LogP contribution < -0.4 is 5.32 Å². The number of aromatic nitrogens is 1. The van der Waals surface area contributed by atoms with E-state index in [1.54, 1.807) is 18.3 Å². The summed E-state index contributed by atoms with van der Waals surface area (Å²) in [5.41, 5.74) is 0.485. The Labute approximate surface area is 224 Å². The van der Waals surface area contributed by atoms with Gasteiger partial charge in [0.05, 0.1) is 17.7 Å². The Morgan fingerprint density at radius 2 is 1.92 bits per heavy atom. The minimum atomic E-state index is -4.64. The van der Waals surface area contributed by atoms with Crippen molar-refractivity contribution in [1.29, 1.82) is 0 Å². The molecule has 2 amide bonds. The standard InChI is InChI=1S/C25H28ClFN3O7P/c1-30(23(31)12-11-17-8-4-10-21(27)24(17)26)20(9-5-13-37-38(33,34)35)16-36-25(32)29-22-14-18-6-2-3-7-19(18)15-28-22/h2-4,6-8,10,14-15,20H,5,9,11-13,16H2,1H3,(H,28,29,32)(H2,33,34,35)/t20-/m0/s1. The Bertz CT molecular complexity index is 1320. The molecule has 38 heavy (non-hydrogen) atoms. The van der Waals surface area contributed by atoms with Crippen molar-refractivity contribution in [3.05, 3.63) is 71.1 Å². The maximum Gasteiger partial charge on any atom is 0.469 e. The van der Waals surface area contributed by atoms with Crippen LogP contribution in [0.3, 0.4) is 0 Å². The van der Waals surface area contributed by atoms with E-state index in [9.17, 15) is 18.5 Å². The molecule has 1 atom stereocenters. The maximum absolute atomic E-state index is 13.7. The van der Waals surface area contributed by atoms with Gasteiger partial charge in [-0.3, -0.25) is 14.6 Å². The molecule has 0 aliphatic carbocycles. The number of hydrogen-bond donors (Lipinski definition) is 3. The largest absolute Gasteiger partial charge is 0.469 e. The van der Waals surface area contributed by atoms with E-state index < -0.39 is 25.8 Å². The fraction of sp³-hybridized carbons (Fsp3) is 0.320. The van der Waals surface area contributed by atoms with E-state index in [0.29, 0.717) is 5.56 Å². The number of halogens is 2. The Hall–Kier alpha value is -3.08. The molecule has 0 radical (unpaired) electrons. The lowest BCUT2D eigenvalue weighted by Gasteiger charge is -2.28. The Balaban J connectivity index is 1.60. The van der Waals surface area contributed by atoms with Crippen LogP contribution in [0.1, 0.15) is 24.8 Å². The molecule has 2 aromatic carbocycles. The summed E-state index contributed by atoms with van der Waals surface area (Å²) < 4.78 is 34.5. The number of phosphoric ester groups is 1. The molecule has 10 nitrogen and oxygen atoms in total. The monoisotopic (exact) mass is 567 g/mol. The maximum atomic E-state index is 13.7. The normalized spacial score (nSPS) is 12.2. The predicted molar refractivity (Wildman–Crippen MR) is 140 cm³/mol. The minimum Gasteiger partial charge on any atom is -0.447 e. The van der Waals surface area contributed by atoms with Crippen molar-refractivity contribution in [1.82, 2.24) is 9.88 Å². The summed E-state index contributed by atoms with van der Waals surface area (Å²) in [6.07, 6.45) is 1.46. The number of fused-ring (bicyclic) bond motifs is 1. The molecule has 1 aromatic heterocycles. The van der Waals surface area contributed by atoms with E-state index in [2.05, 4.69) is 14.8 Å². The number of pyridine rings is 1. The highest BCUT2D eigenvalue weighted by Crippen LogP contribution is 2.35. The summed E-state index contributed by atoms with van der Waals surface area (Å²) in [7, 11) is -3.11. The van der Waals surface area contributed by atoms with Crippen molar-refractivity contribution < 1.29 is 37.6 Å². The summed E-state index contributed by atoms with van der Waals surface area (Å²) in [6.45, 7) is -0.451. The third-order valence-electron chi connectivity index (χ3n) is 5.79. The number of aryl methyl sites for hydroxylation is 1. The van der Waals surface area contributed by atoms with Gasteiger partial charge < -0.3 is 19.4 Å². The van der Waals surface area contributed by atoms with Crippen molar-refractivity contribution in [3.63, 3.8) is 0 Å². The van der Waals surface area contributed by atoms with Gasteiger partial charge in [0, 0.05) is 25.1 Å². The van der Waals surface area contributed by atoms with E-state index in [1.165, 1.54) is 24.1 Å². The highest BCUT2D eigenvalue weighted by molar-refractivity contribution is 7.46. The average Bonchev–Trinajstić information content (AvgIpc) is 2.87. The first-order valence-corrected chi connectivity index (χ1v) is 13.6. The predicted octanol–water partition coefficient (Wildman–Crippen LogP) is 4.93. The van der Waals surface area contributed by atoms with Gasteiger partial charge in [-0.15, -0.1) is 0 Å². The van der Waals surface area contributed by atoms with Gasteiger partial charge in [-0.2, -0.15) is 0 Å². The zero-order valence-electron chi connectivity index (χ0n) is 20.5. The van der Waals surface area contributed by atoms with Gasteiger partial charge in [-0.05, 0) is 42.3 Å². The molecule has 0 bridgehead atoms. The smallest absolute Gasteiger partial charge is 0.447 e. The fourth-order valence-electron chi connectivity index (χ4n) is 3.72. The van der Waals surface area contributed by atoms with Crippen LogP contribution in [0.15, 0.2) is 54.7 Å². The van der Waals surface area contributed by atoms with E-state index in [4.69, 9.17) is 26.1 Å². The number of hydrogen-bond acceptors (Lipinski definition) is 6. The molecule has 13 heteroatoms. The first-order chi connectivity index (χ1) is 18.0. The number of phosphoric acid groups is 1. The van der Waals surface area contributed by atoms with E-state index in [0.717, 1.165) is 10.8 Å². The average molecular weight is 568 g/mol. The number of nitrogens with zero attached hydrogens (tertiary/aromatic N) is 2. The van der Waals surface area contributed by atoms with Crippen LogP contribution in [0.25, 0.3) is 10.8 Å². The van der Waals surface area contributed by atoms with Gasteiger partial charge in [0.1, 0.15) is 18.2 Å². The third-order valence-corrected chi connectivity index (χ3v) is 6.73. The summed E-state index contributed by atoms with van der Waals surface area (Å²) in [5.74, 6) is -0.601. The van der Waals surface area contributed by atoms with Crippen molar-refractivity contribution >= 4 is 48.0 Å².